The summed E-state index contributed by atoms with van der Waals surface area (Å²) in [5.41, 5.74) is 3.94. The third-order valence-corrected chi connectivity index (χ3v) is 5.78. The molecule has 0 fully saturated rings. The summed E-state index contributed by atoms with van der Waals surface area (Å²) >= 11 is 0. The van der Waals surface area contributed by atoms with Gasteiger partial charge in [-0.05, 0) is 60.6 Å². The highest BCUT2D eigenvalue weighted by molar-refractivity contribution is 5.83. The van der Waals surface area contributed by atoms with Gasteiger partial charge in [0.1, 0.15) is 11.7 Å². The van der Waals surface area contributed by atoms with Crippen LogP contribution in [0.1, 0.15) is 52.0 Å². The van der Waals surface area contributed by atoms with Crippen molar-refractivity contribution < 1.29 is 18.0 Å². The molecule has 2 atom stereocenters. The number of halogens is 3. The van der Waals surface area contributed by atoms with Gasteiger partial charge in [0.05, 0.1) is 0 Å². The minimum Gasteiger partial charge on any atom is -0.358 e. The normalized spacial score (nSPS) is 13.4. The second-order valence-electron chi connectivity index (χ2n) is 8.11. The summed E-state index contributed by atoms with van der Waals surface area (Å²) in [6, 6.07) is 17.3. The number of nitrogens with one attached hydrogen (secondary N) is 2. The van der Waals surface area contributed by atoms with Gasteiger partial charge >= 0.3 is 6.18 Å². The zero-order valence-corrected chi connectivity index (χ0v) is 18.9. The van der Waals surface area contributed by atoms with E-state index in [1.807, 2.05) is 56.3 Å². The lowest BCUT2D eigenvalue weighted by Gasteiger charge is -2.26. The number of aryl methyl sites for hydroxylation is 3. The monoisotopic (exact) mass is 455 g/mol. The van der Waals surface area contributed by atoms with Gasteiger partial charge in [0, 0.05) is 19.3 Å². The molecule has 3 aromatic rings. The first-order valence-electron chi connectivity index (χ1n) is 10.8. The first-order valence-corrected chi connectivity index (χ1v) is 10.8. The summed E-state index contributed by atoms with van der Waals surface area (Å²) in [6.45, 7) is 4.07. The number of hydrogen-bond acceptors (Lipinski definition) is 3. The third-order valence-electron chi connectivity index (χ3n) is 5.78. The minimum absolute atomic E-state index is 0.161. The van der Waals surface area contributed by atoms with E-state index in [1.165, 1.54) is 12.3 Å². The fourth-order valence-corrected chi connectivity index (χ4v) is 3.69. The highest BCUT2D eigenvalue weighted by atomic mass is 19.4. The van der Waals surface area contributed by atoms with Gasteiger partial charge in [-0.15, -0.1) is 0 Å². The average molecular weight is 456 g/mol. The Balaban J connectivity index is 1.87. The lowest BCUT2D eigenvalue weighted by molar-refractivity contribution is -0.141. The zero-order valence-electron chi connectivity index (χ0n) is 18.9. The van der Waals surface area contributed by atoms with Gasteiger partial charge in [0.25, 0.3) is 0 Å². The number of aromatic nitrogens is 1. The van der Waals surface area contributed by atoms with Crippen LogP contribution in [-0.4, -0.2) is 17.9 Å². The van der Waals surface area contributed by atoms with Gasteiger partial charge in [-0.1, -0.05) is 54.6 Å². The van der Waals surface area contributed by atoms with Crippen molar-refractivity contribution in [1.29, 1.82) is 0 Å². The topological polar surface area (TPSA) is 54.0 Å². The molecule has 7 heteroatoms. The fraction of sp³-hybridized carbons (Fsp3) is 0.308. The largest absolute Gasteiger partial charge is 0.433 e. The van der Waals surface area contributed by atoms with Crippen molar-refractivity contribution >= 4 is 5.91 Å². The molecule has 174 valence electrons. The standard InChI is InChI=1S/C26H28F3N3O/c1-17-9-12-21(15-18(17)2)22(13-10-19-11-14-23(31-16-19)26(27,28)29)32-24(25(33)30-3)20-7-5-4-6-8-20/h4-9,11-12,14-16,22,24,32H,10,13H2,1-3H3,(H,30,33)/t22-,24+/m0/s1. The molecule has 1 amide bonds. The molecule has 2 aromatic carbocycles. The molecular weight excluding hydrogens is 427 g/mol. The molecule has 1 aromatic heterocycles. The van der Waals surface area contributed by atoms with Crippen molar-refractivity contribution in [2.24, 2.45) is 0 Å². The van der Waals surface area contributed by atoms with E-state index >= 15 is 0 Å². The van der Waals surface area contributed by atoms with E-state index in [4.69, 9.17) is 0 Å². The predicted octanol–water partition coefficient (Wildman–Crippen LogP) is 5.47. The Labute approximate surface area is 192 Å². The Hall–Kier alpha value is -3.19. The maximum Gasteiger partial charge on any atom is 0.433 e. The van der Waals surface area contributed by atoms with E-state index in [1.54, 1.807) is 7.05 Å². The van der Waals surface area contributed by atoms with Crippen LogP contribution >= 0.6 is 0 Å². The SMILES string of the molecule is CNC(=O)[C@H](N[C@@H](CCc1ccc(C(F)(F)F)nc1)c1ccc(C)c(C)c1)c1ccccc1. The van der Waals surface area contributed by atoms with E-state index in [0.717, 1.165) is 28.3 Å². The molecule has 3 rings (SSSR count). The molecule has 4 nitrogen and oxygen atoms in total. The fourth-order valence-electron chi connectivity index (χ4n) is 3.69. The third kappa shape index (κ3) is 6.42. The Morgan fingerprint density at radius 1 is 0.970 bits per heavy atom. The number of likely N-dealkylation sites (N-methyl/N-ethyl adjacent to an activating group) is 1. The van der Waals surface area contributed by atoms with E-state index in [2.05, 4.69) is 21.7 Å². The molecule has 33 heavy (non-hydrogen) atoms. The lowest BCUT2D eigenvalue weighted by Crippen LogP contribution is -2.38. The maximum absolute atomic E-state index is 12.8. The van der Waals surface area contributed by atoms with Crippen molar-refractivity contribution in [1.82, 2.24) is 15.6 Å². The number of hydrogen-bond donors (Lipinski definition) is 2. The zero-order chi connectivity index (χ0) is 24.0. The molecule has 0 aliphatic heterocycles. The highest BCUT2D eigenvalue weighted by Crippen LogP contribution is 2.29. The molecule has 2 N–H and O–H groups in total. The number of amides is 1. The molecule has 0 aliphatic rings. The Morgan fingerprint density at radius 3 is 2.27 bits per heavy atom. The van der Waals surface area contributed by atoms with Crippen molar-refractivity contribution in [3.63, 3.8) is 0 Å². The molecule has 1 heterocycles. The summed E-state index contributed by atoms with van der Waals surface area (Å²) in [6.07, 6.45) is -2.10. The first kappa shape index (κ1) is 24.5. The molecule has 0 aliphatic carbocycles. The molecule has 0 radical (unpaired) electrons. The second kappa shape index (κ2) is 10.6. The number of alkyl halides is 3. The summed E-state index contributed by atoms with van der Waals surface area (Å²) in [5.74, 6) is -0.161. The smallest absolute Gasteiger partial charge is 0.358 e. The lowest BCUT2D eigenvalue weighted by atomic mass is 9.94. The van der Waals surface area contributed by atoms with Crippen LogP contribution in [0.4, 0.5) is 13.2 Å². The molecule has 0 saturated carbocycles. The van der Waals surface area contributed by atoms with Gasteiger partial charge < -0.3 is 5.32 Å². The van der Waals surface area contributed by atoms with Crippen LogP contribution in [-0.2, 0) is 17.4 Å². The predicted molar refractivity (Wildman–Crippen MR) is 123 cm³/mol. The van der Waals surface area contributed by atoms with Crippen LogP contribution in [0.15, 0.2) is 66.9 Å². The number of rotatable bonds is 8. The van der Waals surface area contributed by atoms with Crippen LogP contribution in [0.2, 0.25) is 0 Å². The van der Waals surface area contributed by atoms with Crippen molar-refractivity contribution in [3.8, 4) is 0 Å². The van der Waals surface area contributed by atoms with Gasteiger partial charge in [-0.25, -0.2) is 0 Å². The second-order valence-corrected chi connectivity index (χ2v) is 8.11. The van der Waals surface area contributed by atoms with Crippen LogP contribution in [0.5, 0.6) is 0 Å². The van der Waals surface area contributed by atoms with E-state index in [-0.39, 0.29) is 11.9 Å². The first-order chi connectivity index (χ1) is 15.7. The maximum atomic E-state index is 12.8. The number of nitrogens with zero attached hydrogens (tertiary/aromatic N) is 1. The van der Waals surface area contributed by atoms with Crippen molar-refractivity contribution in [2.75, 3.05) is 7.05 Å². The Bertz CT molecular complexity index is 1070. The summed E-state index contributed by atoms with van der Waals surface area (Å²) in [5, 5.41) is 6.19. The Morgan fingerprint density at radius 2 is 1.70 bits per heavy atom. The Kier molecular flexibility index (Phi) is 7.87. The average Bonchev–Trinajstić information content (AvgIpc) is 2.81. The van der Waals surface area contributed by atoms with E-state index in [9.17, 15) is 18.0 Å². The summed E-state index contributed by atoms with van der Waals surface area (Å²) < 4.78 is 38.5. The van der Waals surface area contributed by atoms with Gasteiger partial charge in [-0.3, -0.25) is 15.1 Å². The molecule has 0 bridgehead atoms. The molecule has 0 unspecified atom stereocenters. The van der Waals surface area contributed by atoms with Gasteiger partial charge in [0.15, 0.2) is 0 Å². The van der Waals surface area contributed by atoms with Crippen molar-refractivity contribution in [2.45, 2.75) is 44.9 Å². The van der Waals surface area contributed by atoms with Gasteiger partial charge in [-0.2, -0.15) is 13.2 Å². The molecular formula is C26H28F3N3O. The molecule has 0 saturated heterocycles. The number of carbonyl (C=O) groups excluding carboxylic acids is 1. The number of carbonyl (C=O) groups is 1. The van der Waals surface area contributed by atoms with Crippen LogP contribution in [0, 0.1) is 13.8 Å². The minimum atomic E-state index is -4.46. The van der Waals surface area contributed by atoms with Crippen molar-refractivity contribution in [3.05, 3.63) is 100 Å². The van der Waals surface area contributed by atoms with Gasteiger partial charge in [0.2, 0.25) is 5.91 Å². The van der Waals surface area contributed by atoms with E-state index < -0.39 is 17.9 Å². The van der Waals surface area contributed by atoms with Crippen LogP contribution in [0.25, 0.3) is 0 Å². The van der Waals surface area contributed by atoms with Crippen LogP contribution < -0.4 is 10.6 Å². The van der Waals surface area contributed by atoms with E-state index in [0.29, 0.717) is 18.4 Å². The molecule has 0 spiro atoms. The quantitative estimate of drug-likeness (QED) is 0.474. The number of benzene rings is 2. The van der Waals surface area contributed by atoms with Crippen LogP contribution in [0.3, 0.4) is 0 Å². The summed E-state index contributed by atoms with van der Waals surface area (Å²) in [4.78, 5) is 16.3. The number of pyridine rings is 1. The summed E-state index contributed by atoms with van der Waals surface area (Å²) in [7, 11) is 1.60. The highest BCUT2D eigenvalue weighted by Gasteiger charge is 2.32.